The van der Waals surface area contributed by atoms with Crippen LogP contribution in [-0.2, 0) is 32.1 Å². The summed E-state index contributed by atoms with van der Waals surface area (Å²) < 4.78 is 10.9. The summed E-state index contributed by atoms with van der Waals surface area (Å²) in [6.07, 6.45) is 0.746. The number of ether oxygens (including phenoxy) is 2. The lowest BCUT2D eigenvalue weighted by atomic mass is 10.1. The number of aromatic nitrogens is 3. The number of pyridine rings is 1. The van der Waals surface area contributed by atoms with Crippen LogP contribution in [0.4, 0.5) is 4.79 Å². The summed E-state index contributed by atoms with van der Waals surface area (Å²) in [6, 6.07) is 7.05. The van der Waals surface area contributed by atoms with Gasteiger partial charge in [0.1, 0.15) is 17.5 Å². The maximum Gasteiger partial charge on any atom is 0.409 e. The second-order valence-corrected chi connectivity index (χ2v) is 11.0. The average molecular weight is 650 g/mol. The van der Waals surface area contributed by atoms with E-state index in [0.717, 1.165) is 0 Å². The van der Waals surface area contributed by atoms with Crippen LogP contribution in [0.15, 0.2) is 41.5 Å². The number of rotatable bonds is 10. The average Bonchev–Trinajstić information content (AvgIpc) is 3.08. The predicted octanol–water partition coefficient (Wildman–Crippen LogP) is 0.546. The molecule has 1 fully saturated rings. The Morgan fingerprint density at radius 2 is 1.79 bits per heavy atom. The first-order valence-electron chi connectivity index (χ1n) is 15.2. The van der Waals surface area contributed by atoms with Gasteiger partial charge in [0.15, 0.2) is 6.61 Å². The van der Waals surface area contributed by atoms with Crippen LogP contribution in [0.2, 0.25) is 0 Å². The molecule has 3 N–H and O–H groups in total. The molecule has 1 aromatic carbocycles. The molecule has 2 aliphatic rings. The van der Waals surface area contributed by atoms with Gasteiger partial charge in [-0.2, -0.15) is 0 Å². The molecular weight excluding hydrogens is 614 g/mol. The second kappa shape index (κ2) is 14.7. The highest BCUT2D eigenvalue weighted by molar-refractivity contribution is 5.99. The largest absolute Gasteiger partial charge is 0.483 e. The lowest BCUT2D eigenvalue weighted by Crippen LogP contribution is -2.56. The van der Waals surface area contributed by atoms with E-state index in [0.29, 0.717) is 35.1 Å². The van der Waals surface area contributed by atoms with Gasteiger partial charge in [-0.1, -0.05) is 12.1 Å². The molecule has 47 heavy (non-hydrogen) atoms. The number of fused-ring (bicyclic) bond motifs is 2. The van der Waals surface area contributed by atoms with Crippen molar-refractivity contribution < 1.29 is 38.6 Å². The number of amides is 4. The third-order valence-electron chi connectivity index (χ3n) is 7.99. The van der Waals surface area contributed by atoms with Crippen molar-refractivity contribution in [2.45, 2.75) is 38.8 Å². The Balaban J connectivity index is 1.29. The number of carbonyl (C=O) groups excluding carboxylic acids is 4. The minimum Gasteiger partial charge on any atom is -0.483 e. The molecule has 1 atom stereocenters. The molecule has 0 radical (unpaired) electrons. The monoisotopic (exact) mass is 649 g/mol. The Bertz CT molecular complexity index is 1740. The number of aromatic amines is 1. The normalized spacial score (nSPS) is 15.0. The summed E-state index contributed by atoms with van der Waals surface area (Å²) in [4.78, 5) is 91.3. The van der Waals surface area contributed by atoms with Gasteiger partial charge in [-0.15, -0.1) is 0 Å². The third-order valence-corrected chi connectivity index (χ3v) is 7.99. The molecule has 0 spiro atoms. The number of para-hydroxylation sites is 1. The zero-order valence-corrected chi connectivity index (χ0v) is 25.8. The van der Waals surface area contributed by atoms with Crippen LogP contribution in [0.5, 0.6) is 5.75 Å². The van der Waals surface area contributed by atoms with Crippen molar-refractivity contribution in [2.24, 2.45) is 0 Å². The Morgan fingerprint density at radius 3 is 2.53 bits per heavy atom. The van der Waals surface area contributed by atoms with Gasteiger partial charge in [0.05, 0.1) is 36.3 Å². The number of aliphatic carboxylic acids is 1. The number of hydrogen-bond donors (Lipinski definition) is 3. The molecule has 3 aromatic rings. The van der Waals surface area contributed by atoms with Gasteiger partial charge in [0.25, 0.3) is 17.4 Å². The van der Waals surface area contributed by atoms with Crippen molar-refractivity contribution in [3.8, 4) is 5.75 Å². The molecule has 4 heterocycles. The van der Waals surface area contributed by atoms with E-state index in [-0.39, 0.29) is 81.7 Å². The van der Waals surface area contributed by atoms with Crippen LogP contribution in [0.3, 0.4) is 0 Å². The number of nitrogens with one attached hydrogen (secondary N) is 2. The molecule has 2 aliphatic heterocycles. The van der Waals surface area contributed by atoms with Gasteiger partial charge in [-0.3, -0.25) is 24.0 Å². The fourth-order valence-corrected chi connectivity index (χ4v) is 5.48. The number of nitrogens with zero attached hydrogens (tertiary/aromatic N) is 5. The zero-order chi connectivity index (χ0) is 33.5. The first-order chi connectivity index (χ1) is 22.6. The third kappa shape index (κ3) is 7.82. The van der Waals surface area contributed by atoms with Gasteiger partial charge in [-0.05, 0) is 25.5 Å². The van der Waals surface area contributed by atoms with Crippen LogP contribution in [0.1, 0.15) is 41.5 Å². The Labute approximate surface area is 268 Å². The minimum absolute atomic E-state index is 0.0923. The van der Waals surface area contributed by atoms with Crippen LogP contribution < -0.4 is 15.6 Å². The lowest BCUT2D eigenvalue weighted by molar-refractivity contribution is -0.138. The van der Waals surface area contributed by atoms with Crippen molar-refractivity contribution in [3.05, 3.63) is 64.0 Å². The summed E-state index contributed by atoms with van der Waals surface area (Å²) in [5, 5.41) is 12.5. The summed E-state index contributed by atoms with van der Waals surface area (Å²) >= 11 is 0. The summed E-state index contributed by atoms with van der Waals surface area (Å²) in [7, 11) is 0. The van der Waals surface area contributed by atoms with E-state index in [1.165, 1.54) is 27.1 Å². The standard InChI is InChI=1S/C31H35N7O9/c1-2-46-31(45)37-13-11-36(12-14-37)30(44)23(7-8-27(40)41)35-29(43)24-15-25(19-5-3-4-6-22(19)34-24)47-17-26(39)38-10-9-21-20(16-38)28(42)33-18-32-21/h3-6,15,18,23H,2,7-14,16-17H2,1H3,(H,35,43)(H,40,41)(H,32,33,42)/t23-/m0/s1. The molecule has 5 rings (SSSR count). The highest BCUT2D eigenvalue weighted by atomic mass is 16.6. The molecule has 1 saturated heterocycles. The minimum atomic E-state index is -1.17. The maximum atomic E-state index is 13.5. The van der Waals surface area contributed by atoms with Gasteiger partial charge in [0, 0.05) is 57.0 Å². The Kier molecular flexibility index (Phi) is 10.3. The molecule has 4 amide bonds. The summed E-state index contributed by atoms with van der Waals surface area (Å²) in [5.74, 6) is -2.52. The number of carboxylic acid groups (broad SMARTS) is 1. The van der Waals surface area contributed by atoms with Gasteiger partial charge >= 0.3 is 12.1 Å². The van der Waals surface area contributed by atoms with E-state index in [9.17, 15) is 33.9 Å². The van der Waals surface area contributed by atoms with Crippen molar-refractivity contribution in [1.82, 2.24) is 35.0 Å². The molecule has 0 unspecified atom stereocenters. The van der Waals surface area contributed by atoms with Crippen molar-refractivity contribution >= 4 is 40.7 Å². The van der Waals surface area contributed by atoms with E-state index in [1.807, 2.05) is 0 Å². The maximum absolute atomic E-state index is 13.5. The quantitative estimate of drug-likeness (QED) is 0.277. The van der Waals surface area contributed by atoms with E-state index < -0.39 is 29.9 Å². The molecular formula is C31H35N7O9. The number of piperazine rings is 1. The Hall–Kier alpha value is -5.54. The van der Waals surface area contributed by atoms with Crippen LogP contribution in [0, 0.1) is 0 Å². The van der Waals surface area contributed by atoms with E-state index in [2.05, 4.69) is 20.3 Å². The fraction of sp³-hybridized carbons (Fsp3) is 0.419. The smallest absolute Gasteiger partial charge is 0.409 e. The fourth-order valence-electron chi connectivity index (χ4n) is 5.48. The first kappa shape index (κ1) is 32.8. The number of carboxylic acids is 1. The van der Waals surface area contributed by atoms with Gasteiger partial charge in [0.2, 0.25) is 5.91 Å². The van der Waals surface area contributed by atoms with Crippen LogP contribution in [0.25, 0.3) is 10.9 Å². The summed E-state index contributed by atoms with van der Waals surface area (Å²) in [5.41, 5.74) is 1.07. The van der Waals surface area contributed by atoms with Gasteiger partial charge < -0.3 is 39.6 Å². The molecule has 248 valence electrons. The molecule has 2 aromatic heterocycles. The number of H-pyrrole nitrogens is 1. The van der Waals surface area contributed by atoms with Crippen LogP contribution in [-0.4, -0.2) is 117 Å². The van der Waals surface area contributed by atoms with E-state index >= 15 is 0 Å². The number of hydrogen-bond acceptors (Lipinski definition) is 10. The number of benzene rings is 1. The Morgan fingerprint density at radius 1 is 1.04 bits per heavy atom. The molecule has 16 heteroatoms. The molecule has 16 nitrogen and oxygen atoms in total. The highest BCUT2D eigenvalue weighted by Crippen LogP contribution is 2.26. The zero-order valence-electron chi connectivity index (χ0n) is 25.8. The van der Waals surface area contributed by atoms with Crippen molar-refractivity contribution in [2.75, 3.05) is 45.9 Å². The predicted molar refractivity (Wildman–Crippen MR) is 165 cm³/mol. The SMILES string of the molecule is CCOC(=O)N1CCN(C(=O)[C@H](CCC(=O)O)NC(=O)c2cc(OCC(=O)N3CCc4nc[nH]c(=O)c4C3)c3ccccc3n2)CC1. The van der Waals surface area contributed by atoms with Crippen molar-refractivity contribution in [1.29, 1.82) is 0 Å². The topological polar surface area (TPSA) is 204 Å². The van der Waals surface area contributed by atoms with Crippen LogP contribution >= 0.6 is 0 Å². The lowest BCUT2D eigenvalue weighted by Gasteiger charge is -2.35. The van der Waals surface area contributed by atoms with Crippen molar-refractivity contribution in [3.63, 3.8) is 0 Å². The molecule has 0 aliphatic carbocycles. The summed E-state index contributed by atoms with van der Waals surface area (Å²) in [6.45, 7) is 2.83. The first-order valence-corrected chi connectivity index (χ1v) is 15.2. The van der Waals surface area contributed by atoms with Gasteiger partial charge in [-0.25, -0.2) is 14.8 Å². The highest BCUT2D eigenvalue weighted by Gasteiger charge is 2.31. The molecule has 0 saturated carbocycles. The second-order valence-electron chi connectivity index (χ2n) is 11.0. The molecule has 0 bridgehead atoms. The van der Waals surface area contributed by atoms with E-state index in [1.54, 1.807) is 31.2 Å². The number of carbonyl (C=O) groups is 5. The van der Waals surface area contributed by atoms with E-state index in [4.69, 9.17) is 9.47 Å².